The van der Waals surface area contributed by atoms with Gasteiger partial charge in [-0.1, -0.05) is 0 Å². The molecule has 7 heteroatoms. The van der Waals surface area contributed by atoms with Crippen molar-refractivity contribution < 1.29 is 29.0 Å². The van der Waals surface area contributed by atoms with E-state index in [1.54, 1.807) is 12.1 Å². The molecule has 0 spiro atoms. The van der Waals surface area contributed by atoms with Crippen LogP contribution >= 0.6 is 0 Å². The predicted octanol–water partition coefficient (Wildman–Crippen LogP) is 3.11. The molecule has 0 saturated carbocycles. The van der Waals surface area contributed by atoms with E-state index in [2.05, 4.69) is 0 Å². The lowest BCUT2D eigenvalue weighted by atomic mass is 9.96. The molecule has 148 valence electrons. The molecule has 1 aromatic rings. The Kier molecular flexibility index (Phi) is 7.02. The van der Waals surface area contributed by atoms with Gasteiger partial charge in [0.15, 0.2) is 0 Å². The second-order valence-corrected chi connectivity index (χ2v) is 7.40. The molecule has 1 aliphatic rings. The number of hydrogen-bond acceptors (Lipinski definition) is 6. The molecule has 1 atom stereocenters. The highest BCUT2D eigenvalue weighted by atomic mass is 16.7. The Morgan fingerprint density at radius 2 is 2.11 bits per heavy atom. The maximum atomic E-state index is 11.4. The van der Waals surface area contributed by atoms with Crippen LogP contribution < -0.4 is 9.47 Å². The zero-order valence-electron chi connectivity index (χ0n) is 16.3. The van der Waals surface area contributed by atoms with E-state index in [4.69, 9.17) is 14.3 Å². The molecule has 1 aromatic carbocycles. The van der Waals surface area contributed by atoms with E-state index in [1.807, 2.05) is 31.8 Å². The fraction of sp³-hybridized carbons (Fsp3) is 0.550. The number of hydrogen-bond donors (Lipinski definition) is 1. The molecule has 0 bridgehead atoms. The molecule has 7 nitrogen and oxygen atoms in total. The van der Waals surface area contributed by atoms with Crippen molar-refractivity contribution in [1.29, 1.82) is 0 Å². The van der Waals surface area contributed by atoms with Crippen molar-refractivity contribution in [3.05, 3.63) is 29.3 Å². The van der Waals surface area contributed by atoms with Crippen LogP contribution in [0.3, 0.4) is 0 Å². The average Bonchev–Trinajstić information content (AvgIpc) is 2.61. The third-order valence-corrected chi connectivity index (χ3v) is 4.16. The number of carbonyl (C=O) groups excluding carboxylic acids is 1. The topological polar surface area (TPSA) is 85.3 Å². The van der Waals surface area contributed by atoms with Gasteiger partial charge in [0.1, 0.15) is 23.0 Å². The standard InChI is InChI=1S/C20H27NO6/c1-20(2,3)27-21-10-5-6-14(13-22)17(21)9-11-26-18-12-15(25-4)7-8-16(18)19(23)24/h7-8,12,17H,5-6,9-11H2,1-4H3,(H,23,24). The number of carboxylic acid groups (broad SMARTS) is 1. The van der Waals surface area contributed by atoms with E-state index >= 15 is 0 Å². The molecule has 1 saturated heterocycles. The lowest BCUT2D eigenvalue weighted by Gasteiger charge is -2.39. The molecule has 27 heavy (non-hydrogen) atoms. The molecule has 1 heterocycles. The average molecular weight is 377 g/mol. The summed E-state index contributed by atoms with van der Waals surface area (Å²) in [6.07, 6.45) is 1.99. The summed E-state index contributed by atoms with van der Waals surface area (Å²) in [5.41, 5.74) is 0.333. The van der Waals surface area contributed by atoms with Crippen LogP contribution in [0.2, 0.25) is 0 Å². The van der Waals surface area contributed by atoms with Gasteiger partial charge in [0.2, 0.25) is 0 Å². The third-order valence-electron chi connectivity index (χ3n) is 4.16. The molecule has 1 unspecified atom stereocenters. The maximum Gasteiger partial charge on any atom is 0.339 e. The minimum Gasteiger partial charge on any atom is -0.497 e. The Morgan fingerprint density at radius 3 is 2.70 bits per heavy atom. The van der Waals surface area contributed by atoms with Gasteiger partial charge in [0, 0.05) is 24.6 Å². The van der Waals surface area contributed by atoms with Gasteiger partial charge < -0.3 is 14.6 Å². The number of carbonyl (C=O) groups is 1. The SMILES string of the molecule is COc1ccc(C(=O)O)c(OCCC2C(=C=O)CCCN2OC(C)(C)C)c1. The molecule has 2 rings (SSSR count). The third kappa shape index (κ3) is 5.82. The van der Waals surface area contributed by atoms with Crippen LogP contribution in [0.5, 0.6) is 11.5 Å². The molecule has 1 aliphatic heterocycles. The summed E-state index contributed by atoms with van der Waals surface area (Å²) in [6, 6.07) is 4.32. The number of nitrogens with zero attached hydrogens (tertiary/aromatic N) is 1. The van der Waals surface area contributed by atoms with E-state index in [-0.39, 0.29) is 29.6 Å². The Bertz CT molecular complexity index is 718. The zero-order valence-corrected chi connectivity index (χ0v) is 16.3. The second kappa shape index (κ2) is 9.04. The van der Waals surface area contributed by atoms with Crippen LogP contribution in [-0.4, -0.2) is 54.0 Å². The molecular formula is C20H27NO6. The van der Waals surface area contributed by atoms with Crippen LogP contribution in [0.25, 0.3) is 0 Å². The van der Waals surface area contributed by atoms with Crippen LogP contribution in [-0.2, 0) is 9.63 Å². The second-order valence-electron chi connectivity index (χ2n) is 7.40. The number of benzene rings is 1. The molecule has 0 radical (unpaired) electrons. The fourth-order valence-electron chi connectivity index (χ4n) is 3.03. The minimum atomic E-state index is -1.07. The van der Waals surface area contributed by atoms with E-state index in [9.17, 15) is 14.7 Å². The lowest BCUT2D eigenvalue weighted by Crippen LogP contribution is -2.46. The smallest absolute Gasteiger partial charge is 0.339 e. The van der Waals surface area contributed by atoms with Crippen molar-refractivity contribution in [2.24, 2.45) is 0 Å². The first-order valence-electron chi connectivity index (χ1n) is 8.99. The van der Waals surface area contributed by atoms with Crippen molar-refractivity contribution in [1.82, 2.24) is 5.06 Å². The fourth-order valence-corrected chi connectivity index (χ4v) is 3.03. The van der Waals surface area contributed by atoms with Gasteiger partial charge in [-0.2, -0.15) is 5.06 Å². The van der Waals surface area contributed by atoms with Crippen molar-refractivity contribution in [3.8, 4) is 11.5 Å². The number of methoxy groups -OCH3 is 1. The Labute approximate surface area is 159 Å². The first-order chi connectivity index (χ1) is 12.7. The minimum absolute atomic E-state index is 0.0633. The number of rotatable bonds is 7. The van der Waals surface area contributed by atoms with Crippen LogP contribution in [0.15, 0.2) is 23.8 Å². The van der Waals surface area contributed by atoms with Crippen LogP contribution in [0.1, 0.15) is 50.4 Å². The molecule has 0 amide bonds. The largest absolute Gasteiger partial charge is 0.497 e. The van der Waals surface area contributed by atoms with Crippen molar-refractivity contribution in [2.45, 2.75) is 51.7 Å². The summed E-state index contributed by atoms with van der Waals surface area (Å²) in [7, 11) is 1.50. The van der Waals surface area contributed by atoms with Gasteiger partial charge in [-0.05, 0) is 45.7 Å². The Morgan fingerprint density at radius 1 is 1.37 bits per heavy atom. The van der Waals surface area contributed by atoms with Gasteiger partial charge in [-0.15, -0.1) is 0 Å². The van der Waals surface area contributed by atoms with Crippen molar-refractivity contribution in [3.63, 3.8) is 0 Å². The normalized spacial score (nSPS) is 18.1. The highest BCUT2D eigenvalue weighted by molar-refractivity contribution is 5.91. The molecule has 0 aromatic heterocycles. The van der Waals surface area contributed by atoms with E-state index < -0.39 is 5.97 Å². The highest BCUT2D eigenvalue weighted by Gasteiger charge is 2.31. The summed E-state index contributed by atoms with van der Waals surface area (Å²) < 4.78 is 10.9. The maximum absolute atomic E-state index is 11.4. The quantitative estimate of drug-likeness (QED) is 0.731. The van der Waals surface area contributed by atoms with E-state index in [0.717, 1.165) is 6.42 Å². The number of piperidine rings is 1. The molecule has 0 aliphatic carbocycles. The monoisotopic (exact) mass is 377 g/mol. The predicted molar refractivity (Wildman–Crippen MR) is 99.8 cm³/mol. The van der Waals surface area contributed by atoms with Gasteiger partial charge in [-0.3, -0.25) is 4.84 Å². The molecular weight excluding hydrogens is 350 g/mol. The number of aromatic carboxylic acids is 1. The zero-order chi connectivity index (χ0) is 20.0. The first kappa shape index (κ1) is 21.0. The van der Waals surface area contributed by atoms with Gasteiger partial charge in [-0.25, -0.2) is 9.59 Å². The first-order valence-corrected chi connectivity index (χ1v) is 8.99. The highest BCUT2D eigenvalue weighted by Crippen LogP contribution is 2.28. The summed E-state index contributed by atoms with van der Waals surface area (Å²) in [4.78, 5) is 28.7. The number of carboxylic acids is 1. The Hall–Kier alpha value is -2.34. The summed E-state index contributed by atoms with van der Waals surface area (Å²) in [6.45, 7) is 6.80. The lowest BCUT2D eigenvalue weighted by molar-refractivity contribution is -0.250. The van der Waals surface area contributed by atoms with Crippen LogP contribution in [0.4, 0.5) is 0 Å². The summed E-state index contributed by atoms with van der Waals surface area (Å²) >= 11 is 0. The number of hydroxylamine groups is 2. The van der Waals surface area contributed by atoms with E-state index in [1.165, 1.54) is 13.2 Å². The van der Waals surface area contributed by atoms with Crippen molar-refractivity contribution in [2.75, 3.05) is 20.3 Å². The van der Waals surface area contributed by atoms with Gasteiger partial charge in [0.05, 0.1) is 25.4 Å². The van der Waals surface area contributed by atoms with Crippen LogP contribution in [0, 0.1) is 0 Å². The van der Waals surface area contributed by atoms with E-state index in [0.29, 0.717) is 30.7 Å². The summed E-state index contributed by atoms with van der Waals surface area (Å²) in [5, 5.41) is 11.1. The van der Waals surface area contributed by atoms with Gasteiger partial charge in [0.25, 0.3) is 0 Å². The number of ether oxygens (including phenoxy) is 2. The molecule has 1 N–H and O–H groups in total. The Balaban J connectivity index is 2.11. The molecule has 1 fully saturated rings. The van der Waals surface area contributed by atoms with Crippen molar-refractivity contribution >= 4 is 11.9 Å². The summed E-state index contributed by atoms with van der Waals surface area (Å²) in [5.74, 6) is 1.72. The van der Waals surface area contributed by atoms with Gasteiger partial charge >= 0.3 is 5.97 Å².